The molecule has 0 spiro atoms. The van der Waals surface area contributed by atoms with Crippen LogP contribution >= 0.6 is 0 Å². The fourth-order valence-corrected chi connectivity index (χ4v) is 1.59. The fraction of sp³-hybridized carbons (Fsp3) is 0.733. The third-order valence-corrected chi connectivity index (χ3v) is 2.66. The first-order chi connectivity index (χ1) is 9.04. The van der Waals surface area contributed by atoms with Crippen LogP contribution in [0.5, 0.6) is 5.75 Å². The Balaban J connectivity index is 2.81. The van der Waals surface area contributed by atoms with Crippen LogP contribution < -0.4 is 10.1 Å². The summed E-state index contributed by atoms with van der Waals surface area (Å²) in [6.07, 6.45) is 2.93. The minimum atomic E-state index is 0.337. The molecule has 4 nitrogen and oxygen atoms in total. The molecule has 0 bridgehead atoms. The number of nitrogens with zero attached hydrogens (tertiary/aromatic N) is 2. The van der Waals surface area contributed by atoms with E-state index in [1.165, 1.54) is 0 Å². The monoisotopic (exact) mass is 265 g/mol. The Bertz CT molecular complexity index is 378. The molecule has 0 aromatic carbocycles. The number of ether oxygens (including phenoxy) is 1. The third-order valence-electron chi connectivity index (χ3n) is 2.66. The molecule has 108 valence electrons. The Morgan fingerprint density at radius 3 is 2.58 bits per heavy atom. The zero-order valence-electron chi connectivity index (χ0n) is 12.9. The summed E-state index contributed by atoms with van der Waals surface area (Å²) in [5.74, 6) is 2.53. The van der Waals surface area contributed by atoms with Gasteiger partial charge in [-0.1, -0.05) is 34.6 Å². The van der Waals surface area contributed by atoms with Crippen LogP contribution in [0.4, 0.5) is 0 Å². The van der Waals surface area contributed by atoms with Crippen molar-refractivity contribution in [1.82, 2.24) is 15.3 Å². The Labute approximate surface area is 117 Å². The number of nitrogens with one attached hydrogen (secondary N) is 1. The first-order valence-corrected chi connectivity index (χ1v) is 7.23. The van der Waals surface area contributed by atoms with Gasteiger partial charge in [0.1, 0.15) is 5.82 Å². The Morgan fingerprint density at radius 2 is 2.00 bits per heavy atom. The van der Waals surface area contributed by atoms with Crippen molar-refractivity contribution in [1.29, 1.82) is 0 Å². The van der Waals surface area contributed by atoms with Crippen molar-refractivity contribution in [2.24, 2.45) is 5.92 Å². The lowest BCUT2D eigenvalue weighted by Crippen LogP contribution is -2.18. The summed E-state index contributed by atoms with van der Waals surface area (Å²) < 4.78 is 5.80. The highest BCUT2D eigenvalue weighted by molar-refractivity contribution is 5.25. The third kappa shape index (κ3) is 5.55. The van der Waals surface area contributed by atoms with Crippen molar-refractivity contribution < 1.29 is 4.74 Å². The lowest BCUT2D eigenvalue weighted by Gasteiger charge is -2.14. The smallest absolute Gasteiger partial charge is 0.160 e. The summed E-state index contributed by atoms with van der Waals surface area (Å²) in [7, 11) is 0. The van der Waals surface area contributed by atoms with Crippen LogP contribution in [0.25, 0.3) is 0 Å². The van der Waals surface area contributed by atoms with Crippen molar-refractivity contribution in [2.45, 2.75) is 53.5 Å². The minimum absolute atomic E-state index is 0.337. The summed E-state index contributed by atoms with van der Waals surface area (Å²) in [6, 6.07) is 0. The predicted octanol–water partition coefficient (Wildman–Crippen LogP) is 3.13. The van der Waals surface area contributed by atoms with Gasteiger partial charge in [-0.25, -0.2) is 9.97 Å². The quantitative estimate of drug-likeness (QED) is 0.734. The highest BCUT2D eigenvalue weighted by Gasteiger charge is 2.11. The minimum Gasteiger partial charge on any atom is -0.490 e. The largest absolute Gasteiger partial charge is 0.490 e. The van der Waals surface area contributed by atoms with Crippen molar-refractivity contribution in [3.8, 4) is 5.75 Å². The molecule has 4 heteroatoms. The molecule has 0 saturated carbocycles. The molecule has 0 fully saturated rings. The predicted molar refractivity (Wildman–Crippen MR) is 78.5 cm³/mol. The van der Waals surface area contributed by atoms with Crippen LogP contribution in [0, 0.1) is 5.92 Å². The number of rotatable bonds is 8. The maximum absolute atomic E-state index is 5.80. The van der Waals surface area contributed by atoms with Gasteiger partial charge in [0.2, 0.25) is 0 Å². The maximum Gasteiger partial charge on any atom is 0.160 e. The van der Waals surface area contributed by atoms with Gasteiger partial charge in [0.05, 0.1) is 18.5 Å². The summed E-state index contributed by atoms with van der Waals surface area (Å²) in [6.45, 7) is 13.1. The van der Waals surface area contributed by atoms with Crippen LogP contribution in [0.2, 0.25) is 0 Å². The standard InChI is InChI=1S/C15H27N3O/c1-6-7-16-8-13-14(19-10-11(2)3)9-17-15(18-13)12(4)5/h9,11-12,16H,6-8,10H2,1-5H3. The molecule has 19 heavy (non-hydrogen) atoms. The van der Waals surface area contributed by atoms with Crippen LogP contribution in [0.3, 0.4) is 0 Å². The van der Waals surface area contributed by atoms with E-state index in [2.05, 4.69) is 49.9 Å². The first-order valence-electron chi connectivity index (χ1n) is 7.23. The molecule has 0 radical (unpaired) electrons. The molecule has 1 rings (SSSR count). The molecule has 0 unspecified atom stereocenters. The summed E-state index contributed by atoms with van der Waals surface area (Å²) in [4.78, 5) is 9.00. The molecular formula is C15H27N3O. The summed E-state index contributed by atoms with van der Waals surface area (Å²) in [5, 5.41) is 3.38. The molecule has 0 amide bonds. The van der Waals surface area contributed by atoms with Gasteiger partial charge in [-0.3, -0.25) is 0 Å². The van der Waals surface area contributed by atoms with Gasteiger partial charge >= 0.3 is 0 Å². The van der Waals surface area contributed by atoms with E-state index >= 15 is 0 Å². The van der Waals surface area contributed by atoms with Gasteiger partial charge in [0, 0.05) is 12.5 Å². The van der Waals surface area contributed by atoms with Gasteiger partial charge < -0.3 is 10.1 Å². The molecular weight excluding hydrogens is 238 g/mol. The first kappa shape index (κ1) is 15.9. The number of hydrogen-bond donors (Lipinski definition) is 1. The fourth-order valence-electron chi connectivity index (χ4n) is 1.59. The lowest BCUT2D eigenvalue weighted by molar-refractivity contribution is 0.265. The molecule has 1 heterocycles. The molecule has 0 aliphatic rings. The Kier molecular flexibility index (Phi) is 6.78. The Morgan fingerprint density at radius 1 is 1.26 bits per heavy atom. The van der Waals surface area contributed by atoms with E-state index < -0.39 is 0 Å². The van der Waals surface area contributed by atoms with E-state index in [0.717, 1.165) is 36.8 Å². The molecule has 1 N–H and O–H groups in total. The average molecular weight is 265 g/mol. The number of hydrogen-bond acceptors (Lipinski definition) is 4. The lowest BCUT2D eigenvalue weighted by atomic mass is 10.2. The normalized spacial score (nSPS) is 11.3. The van der Waals surface area contributed by atoms with Gasteiger partial charge in [-0.05, 0) is 18.9 Å². The van der Waals surface area contributed by atoms with Crippen molar-refractivity contribution in [3.63, 3.8) is 0 Å². The molecule has 0 atom stereocenters. The van der Waals surface area contributed by atoms with Crippen LogP contribution in [0.1, 0.15) is 58.5 Å². The Hall–Kier alpha value is -1.16. The van der Waals surface area contributed by atoms with E-state index in [0.29, 0.717) is 18.4 Å². The van der Waals surface area contributed by atoms with Gasteiger partial charge in [-0.15, -0.1) is 0 Å². The highest BCUT2D eigenvalue weighted by Crippen LogP contribution is 2.19. The zero-order valence-corrected chi connectivity index (χ0v) is 12.9. The molecule has 1 aromatic heterocycles. The second kappa shape index (κ2) is 8.10. The molecule has 0 saturated heterocycles. The van der Waals surface area contributed by atoms with Crippen molar-refractivity contribution in [3.05, 3.63) is 17.7 Å². The maximum atomic E-state index is 5.80. The zero-order chi connectivity index (χ0) is 14.3. The number of aromatic nitrogens is 2. The van der Waals surface area contributed by atoms with Crippen LogP contribution in [-0.2, 0) is 6.54 Å². The molecule has 1 aromatic rings. The van der Waals surface area contributed by atoms with Crippen LogP contribution in [0.15, 0.2) is 6.20 Å². The SMILES string of the molecule is CCCNCc1nc(C(C)C)ncc1OCC(C)C. The second-order valence-corrected chi connectivity index (χ2v) is 5.58. The van der Waals surface area contributed by atoms with Crippen molar-refractivity contribution in [2.75, 3.05) is 13.2 Å². The molecule has 0 aliphatic carbocycles. The van der Waals surface area contributed by atoms with E-state index in [-0.39, 0.29) is 0 Å². The van der Waals surface area contributed by atoms with E-state index in [1.807, 2.05) is 6.20 Å². The summed E-state index contributed by atoms with van der Waals surface area (Å²) >= 11 is 0. The van der Waals surface area contributed by atoms with Crippen LogP contribution in [-0.4, -0.2) is 23.1 Å². The average Bonchev–Trinajstić information content (AvgIpc) is 2.37. The van der Waals surface area contributed by atoms with Crippen molar-refractivity contribution >= 4 is 0 Å². The van der Waals surface area contributed by atoms with Gasteiger partial charge in [0.15, 0.2) is 5.75 Å². The van der Waals surface area contributed by atoms with Gasteiger partial charge in [0.25, 0.3) is 0 Å². The van der Waals surface area contributed by atoms with Gasteiger partial charge in [-0.2, -0.15) is 0 Å². The molecule has 0 aliphatic heterocycles. The topological polar surface area (TPSA) is 47.0 Å². The summed E-state index contributed by atoms with van der Waals surface area (Å²) in [5.41, 5.74) is 0.966. The van der Waals surface area contributed by atoms with E-state index in [4.69, 9.17) is 4.74 Å². The second-order valence-electron chi connectivity index (χ2n) is 5.58. The highest BCUT2D eigenvalue weighted by atomic mass is 16.5. The van der Waals surface area contributed by atoms with E-state index in [1.54, 1.807) is 0 Å². The van der Waals surface area contributed by atoms with E-state index in [9.17, 15) is 0 Å².